The number of carbonyl (C=O) groups excluding carboxylic acids is 1. The van der Waals surface area contributed by atoms with Gasteiger partial charge in [0.15, 0.2) is 0 Å². The fourth-order valence-electron chi connectivity index (χ4n) is 1.71. The van der Waals surface area contributed by atoms with E-state index in [9.17, 15) is 4.79 Å². The van der Waals surface area contributed by atoms with Crippen LogP contribution in [0.3, 0.4) is 0 Å². The van der Waals surface area contributed by atoms with E-state index in [4.69, 9.17) is 5.11 Å². The molecule has 3 heterocycles. The summed E-state index contributed by atoms with van der Waals surface area (Å²) < 4.78 is 6.30. The molecule has 0 radical (unpaired) electrons. The molecule has 6 heteroatoms. The Labute approximate surface area is 104 Å². The fourth-order valence-corrected chi connectivity index (χ4v) is 1.71. The first kappa shape index (κ1) is 12.5. The Hall–Kier alpha value is -1.95. The van der Waals surface area contributed by atoms with Gasteiger partial charge in [-0.05, 0) is 32.9 Å². The number of rotatable bonds is 2. The molecule has 3 rings (SSSR count). The van der Waals surface area contributed by atoms with Crippen LogP contribution >= 0.6 is 0 Å². The molecular weight excluding hydrogens is 234 g/mol. The van der Waals surface area contributed by atoms with Crippen molar-refractivity contribution < 1.29 is 14.6 Å². The molecule has 18 heavy (non-hydrogen) atoms. The summed E-state index contributed by atoms with van der Waals surface area (Å²) in [7, 11) is 0. The van der Waals surface area contributed by atoms with E-state index in [0.29, 0.717) is 6.47 Å². The van der Waals surface area contributed by atoms with E-state index in [2.05, 4.69) is 15.0 Å². The van der Waals surface area contributed by atoms with Crippen LogP contribution in [0, 0.1) is 0 Å². The molecule has 6 nitrogen and oxygen atoms in total. The second-order valence-electron chi connectivity index (χ2n) is 4.92. The van der Waals surface area contributed by atoms with E-state index in [1.807, 2.05) is 32.9 Å². The molecule has 3 aromatic rings. The fraction of sp³-hybridized carbons (Fsp3) is 0.417. The summed E-state index contributed by atoms with van der Waals surface area (Å²) in [5.74, 6) is 0. The molecule has 0 amide bonds. The number of aliphatic hydroxyl groups is 1. The Kier molecular flexibility index (Phi) is 3.04. The summed E-state index contributed by atoms with van der Waals surface area (Å²) in [6, 6.07) is 3.91. The van der Waals surface area contributed by atoms with E-state index < -0.39 is 0 Å². The first-order valence-corrected chi connectivity index (χ1v) is 5.58. The minimum Gasteiger partial charge on any atom is -0.462 e. The molecule has 0 saturated carbocycles. The molecule has 0 atom stereocenters. The van der Waals surface area contributed by atoms with Gasteiger partial charge in [0.25, 0.3) is 6.47 Å². The Balaban J connectivity index is 0.000000152. The quantitative estimate of drug-likeness (QED) is 0.691. The first-order valence-electron chi connectivity index (χ1n) is 5.58. The molecule has 4 bridgehead atoms. The highest BCUT2D eigenvalue weighted by molar-refractivity contribution is 5.91. The largest absolute Gasteiger partial charge is 0.462 e. The predicted octanol–water partition coefficient (Wildman–Crippen LogP) is 1.21. The van der Waals surface area contributed by atoms with Gasteiger partial charge in [-0.15, -0.1) is 5.10 Å². The van der Waals surface area contributed by atoms with Crippen LogP contribution < -0.4 is 0 Å². The molecule has 1 N–H and O–H groups in total. The summed E-state index contributed by atoms with van der Waals surface area (Å²) in [5.41, 5.74) is 3.40. The summed E-state index contributed by atoms with van der Waals surface area (Å²) in [6.07, 6.45) is 0. The maximum atomic E-state index is 9.60. The lowest BCUT2D eigenvalue weighted by molar-refractivity contribution is -0.138. The normalized spacial score (nSPS) is 11.8. The second kappa shape index (κ2) is 4.38. The number of hydrogen-bond donors (Lipinski definition) is 1. The van der Waals surface area contributed by atoms with Gasteiger partial charge in [-0.25, -0.2) is 4.52 Å². The minimum absolute atomic E-state index is 0.0496. The zero-order valence-electron chi connectivity index (χ0n) is 10.5. The van der Waals surface area contributed by atoms with E-state index in [1.165, 1.54) is 0 Å². The second-order valence-corrected chi connectivity index (χ2v) is 4.92. The third kappa shape index (κ3) is 2.06. The van der Waals surface area contributed by atoms with Gasteiger partial charge in [-0.3, -0.25) is 4.79 Å². The number of nitrogens with zero attached hydrogens (tertiary/aromatic N) is 3. The van der Waals surface area contributed by atoms with Crippen LogP contribution in [0.4, 0.5) is 0 Å². The summed E-state index contributed by atoms with van der Waals surface area (Å²) in [6.45, 7) is 5.97. The highest BCUT2D eigenvalue weighted by atomic mass is 16.5. The molecule has 0 fully saturated rings. The van der Waals surface area contributed by atoms with Crippen LogP contribution in [0.5, 0.6) is 0 Å². The smallest absolute Gasteiger partial charge is 0.293 e. The Morgan fingerprint density at radius 2 is 2.06 bits per heavy atom. The summed E-state index contributed by atoms with van der Waals surface area (Å²) >= 11 is 0. The van der Waals surface area contributed by atoms with Crippen molar-refractivity contribution in [2.75, 3.05) is 0 Å². The van der Waals surface area contributed by atoms with Crippen LogP contribution in [0.15, 0.2) is 12.1 Å². The number of aromatic nitrogens is 3. The van der Waals surface area contributed by atoms with Crippen LogP contribution in [0.1, 0.15) is 26.3 Å². The maximum Gasteiger partial charge on any atom is 0.293 e. The van der Waals surface area contributed by atoms with Crippen molar-refractivity contribution in [3.63, 3.8) is 0 Å². The van der Waals surface area contributed by atoms with Gasteiger partial charge < -0.3 is 9.84 Å². The Bertz CT molecular complexity index is 583. The number of carbonyl (C=O) groups is 1. The average Bonchev–Trinajstić information content (AvgIpc) is 2.93. The van der Waals surface area contributed by atoms with Gasteiger partial charge in [-0.1, -0.05) is 5.21 Å². The van der Waals surface area contributed by atoms with Gasteiger partial charge >= 0.3 is 0 Å². The molecule has 0 aliphatic carbocycles. The van der Waals surface area contributed by atoms with Crippen LogP contribution in [0.25, 0.3) is 16.6 Å². The third-order valence-corrected chi connectivity index (χ3v) is 2.49. The molecule has 0 spiro atoms. The lowest BCUT2D eigenvalue weighted by Gasteiger charge is -2.14. The molecule has 0 unspecified atom stereocenters. The standard InChI is InChI=1S/C7H5N3O.C5H10O2/c11-3-4-5-1-2-6-7(4)8-9-10(5)6;1-5(2,3)7-4-6/h1-2,11H,3H2;4H,1-3H3. The van der Waals surface area contributed by atoms with Gasteiger partial charge in [-0.2, -0.15) is 0 Å². The Morgan fingerprint density at radius 1 is 1.39 bits per heavy atom. The van der Waals surface area contributed by atoms with Crippen LogP contribution in [0.2, 0.25) is 0 Å². The van der Waals surface area contributed by atoms with E-state index in [0.717, 1.165) is 22.1 Å². The van der Waals surface area contributed by atoms with Crippen molar-refractivity contribution in [1.82, 2.24) is 14.8 Å². The molecule has 0 aromatic carbocycles. The molecule has 0 aliphatic rings. The lowest BCUT2D eigenvalue weighted by atomic mass is 10.2. The number of benzene rings is 1. The van der Waals surface area contributed by atoms with Gasteiger partial charge in [0.1, 0.15) is 11.1 Å². The molecule has 3 aromatic heterocycles. The summed E-state index contributed by atoms with van der Waals surface area (Å²) in [4.78, 5) is 9.60. The average molecular weight is 249 g/mol. The van der Waals surface area contributed by atoms with E-state index >= 15 is 0 Å². The minimum atomic E-state index is -0.318. The SMILES string of the molecule is CC(C)(C)OC=O.OCc1c2nnn3c1ccc23. The van der Waals surface area contributed by atoms with Gasteiger partial charge in [0, 0.05) is 5.56 Å². The van der Waals surface area contributed by atoms with Crippen molar-refractivity contribution in [2.24, 2.45) is 0 Å². The first-order chi connectivity index (χ1) is 8.48. The zero-order chi connectivity index (χ0) is 13.3. The van der Waals surface area contributed by atoms with Gasteiger partial charge in [0.05, 0.1) is 17.6 Å². The van der Waals surface area contributed by atoms with Crippen molar-refractivity contribution in [2.45, 2.75) is 33.0 Å². The zero-order valence-corrected chi connectivity index (χ0v) is 10.5. The highest BCUT2D eigenvalue weighted by Gasteiger charge is 2.17. The van der Waals surface area contributed by atoms with E-state index in [1.54, 1.807) is 4.52 Å². The van der Waals surface area contributed by atoms with Crippen LogP contribution in [-0.2, 0) is 16.1 Å². The summed E-state index contributed by atoms with van der Waals surface area (Å²) in [5, 5.41) is 16.7. The molecule has 0 aliphatic heterocycles. The monoisotopic (exact) mass is 249 g/mol. The topological polar surface area (TPSA) is 76.7 Å². The van der Waals surface area contributed by atoms with E-state index in [-0.39, 0.29) is 12.2 Å². The number of hydrogen-bond acceptors (Lipinski definition) is 5. The van der Waals surface area contributed by atoms with Crippen molar-refractivity contribution in [3.8, 4) is 0 Å². The molecular formula is C12H15N3O3. The van der Waals surface area contributed by atoms with Gasteiger partial charge in [0.2, 0.25) is 0 Å². The highest BCUT2D eigenvalue weighted by Crippen LogP contribution is 2.27. The number of aliphatic hydroxyl groups excluding tert-OH is 1. The maximum absolute atomic E-state index is 9.60. The van der Waals surface area contributed by atoms with Crippen molar-refractivity contribution in [3.05, 3.63) is 17.7 Å². The lowest BCUT2D eigenvalue weighted by Crippen LogP contribution is -2.17. The third-order valence-electron chi connectivity index (χ3n) is 2.49. The van der Waals surface area contributed by atoms with Crippen molar-refractivity contribution >= 4 is 23.0 Å². The van der Waals surface area contributed by atoms with Crippen LogP contribution in [-0.4, -0.2) is 32.0 Å². The Morgan fingerprint density at radius 3 is 2.39 bits per heavy atom. The predicted molar refractivity (Wildman–Crippen MR) is 65.7 cm³/mol. The van der Waals surface area contributed by atoms with Crippen molar-refractivity contribution in [1.29, 1.82) is 0 Å². The molecule has 96 valence electrons. The molecule has 0 saturated heterocycles. The number of ether oxygens (including phenoxy) is 1.